The molecule has 10 rings (SSSR count). The van der Waals surface area contributed by atoms with Crippen LogP contribution in [0.2, 0.25) is 0 Å². The molecule has 2 atom stereocenters. The lowest BCUT2D eigenvalue weighted by molar-refractivity contribution is -0.121. The normalized spacial score (nSPS) is 17.4. The topological polar surface area (TPSA) is 173 Å². The van der Waals surface area contributed by atoms with Gasteiger partial charge in [0.15, 0.2) is 5.82 Å². The first-order valence-corrected chi connectivity index (χ1v) is 25.4. The molecule has 5 N–H and O–H groups in total. The van der Waals surface area contributed by atoms with Gasteiger partial charge in [-0.25, -0.2) is 23.7 Å². The van der Waals surface area contributed by atoms with Crippen LogP contribution in [0.4, 0.5) is 31.5 Å². The Balaban J connectivity index is 0.000000182. The second-order valence-corrected chi connectivity index (χ2v) is 19.8. The van der Waals surface area contributed by atoms with Crippen LogP contribution in [0.15, 0.2) is 116 Å². The number of H-pyrrole nitrogens is 1. The molecule has 386 valence electrons. The molecule has 0 aliphatic carbocycles. The van der Waals surface area contributed by atoms with Crippen molar-refractivity contribution in [1.29, 1.82) is 0 Å². The number of carbonyl (C=O) groups is 3. The number of piperazine rings is 1. The van der Waals surface area contributed by atoms with Crippen LogP contribution in [0.3, 0.4) is 0 Å². The van der Waals surface area contributed by atoms with E-state index in [9.17, 15) is 23.2 Å². The Hall–Kier alpha value is -7.54. The Kier molecular flexibility index (Phi) is 15.8. The summed E-state index contributed by atoms with van der Waals surface area (Å²) < 4.78 is 31.0. The standard InChI is InChI=1S/C29H31FN6O2.C27H34FN7O/c1-18(2)36-17-32-26(21-4-6-22(30)7-5-21)27(36)28-31-16-25(34-28)29(38)33-23-8-10-24(11-9-23)35-14-12-20(13-15-35)19(3)37;1-18(2)35-17-30-24(19-4-6-20(28)7-5-19)25(35)26-29-16-23(32-26)27(36)31-21-8-10-22(11-9-21)34-14-12-33(3)13-15-34/h4-11,16-18,20H,12-15H2,1-3H3,(H,31,34)(H,33,38);4-11,17-18,23,26,29,32H,12-16H2,1-3H3,(H,31,36). The number of ketones is 1. The van der Waals surface area contributed by atoms with Crippen molar-refractivity contribution in [1.82, 2.24) is 44.6 Å². The molecule has 74 heavy (non-hydrogen) atoms. The number of hydrogen-bond donors (Lipinski definition) is 5. The number of imidazole rings is 3. The highest BCUT2D eigenvalue weighted by Gasteiger charge is 2.34. The minimum atomic E-state index is -0.399. The second kappa shape index (κ2) is 22.7. The number of nitrogens with zero attached hydrogens (tertiary/aromatic N) is 8. The molecule has 18 heteroatoms. The van der Waals surface area contributed by atoms with Crippen LogP contribution in [-0.2, 0) is 9.59 Å². The predicted octanol–water partition coefficient (Wildman–Crippen LogP) is 8.94. The summed E-state index contributed by atoms with van der Waals surface area (Å²) in [6.45, 7) is 16.2. The monoisotopic (exact) mass is 1010 g/mol. The fourth-order valence-corrected chi connectivity index (χ4v) is 9.71. The molecule has 3 aromatic heterocycles. The van der Waals surface area contributed by atoms with E-state index in [1.807, 2.05) is 54.8 Å². The van der Waals surface area contributed by atoms with Gasteiger partial charge in [-0.05, 0) is 152 Å². The minimum absolute atomic E-state index is 0.0868. The van der Waals surface area contributed by atoms with E-state index in [1.54, 1.807) is 43.8 Å². The Labute approximate surface area is 430 Å². The van der Waals surface area contributed by atoms with E-state index in [0.29, 0.717) is 29.4 Å². The van der Waals surface area contributed by atoms with E-state index in [0.717, 1.165) is 91.7 Å². The van der Waals surface area contributed by atoms with Crippen molar-refractivity contribution in [3.8, 4) is 34.0 Å². The molecule has 4 aromatic carbocycles. The van der Waals surface area contributed by atoms with E-state index in [2.05, 4.69) is 93.5 Å². The van der Waals surface area contributed by atoms with Crippen LogP contribution >= 0.6 is 0 Å². The zero-order chi connectivity index (χ0) is 52.0. The summed E-state index contributed by atoms with van der Waals surface area (Å²) in [6, 6.07) is 28.2. The molecule has 3 aliphatic rings. The summed E-state index contributed by atoms with van der Waals surface area (Å²) in [6.07, 6.45) is 6.51. The number of aromatic amines is 1. The molecule has 0 spiro atoms. The van der Waals surface area contributed by atoms with Gasteiger partial charge >= 0.3 is 0 Å². The fraction of sp³-hybridized carbons (Fsp3) is 0.357. The van der Waals surface area contributed by atoms with Crippen molar-refractivity contribution in [2.75, 3.05) is 73.3 Å². The van der Waals surface area contributed by atoms with Gasteiger partial charge in [0.1, 0.15) is 41.0 Å². The van der Waals surface area contributed by atoms with Gasteiger partial charge in [-0.1, -0.05) is 0 Å². The van der Waals surface area contributed by atoms with E-state index in [-0.39, 0.29) is 53.4 Å². The number of benzene rings is 4. The number of amides is 2. The molecule has 3 saturated heterocycles. The third-order valence-electron chi connectivity index (χ3n) is 14.1. The van der Waals surface area contributed by atoms with Crippen molar-refractivity contribution in [2.24, 2.45) is 5.92 Å². The minimum Gasteiger partial charge on any atom is -0.371 e. The molecular formula is C56H65F2N13O3. The number of hydrogen-bond acceptors (Lipinski definition) is 11. The number of piperidine rings is 1. The Morgan fingerprint density at radius 3 is 1.74 bits per heavy atom. The second-order valence-electron chi connectivity index (χ2n) is 19.8. The molecule has 2 amide bonds. The SMILES string of the molecule is CC(=O)C1CCN(c2ccc(NC(=O)c3cnc(-c4c(-c5ccc(F)cc5)ncn4C(C)C)[nH]3)cc2)CC1.CC(C)n1cnc(-c2ccc(F)cc2)c1C1NCC(C(=O)Nc2ccc(N3CCN(C)CC3)cc2)N1. The zero-order valence-corrected chi connectivity index (χ0v) is 42.8. The Morgan fingerprint density at radius 2 is 1.18 bits per heavy atom. The van der Waals surface area contributed by atoms with E-state index < -0.39 is 6.04 Å². The zero-order valence-electron chi connectivity index (χ0n) is 42.8. The van der Waals surface area contributed by atoms with E-state index in [4.69, 9.17) is 0 Å². The molecule has 16 nitrogen and oxygen atoms in total. The number of halogens is 2. The molecular weight excluding hydrogens is 941 g/mol. The van der Waals surface area contributed by atoms with Crippen molar-refractivity contribution in [3.63, 3.8) is 0 Å². The molecule has 3 fully saturated rings. The van der Waals surface area contributed by atoms with Crippen LogP contribution in [0.25, 0.3) is 34.0 Å². The van der Waals surface area contributed by atoms with Crippen LogP contribution in [0.1, 0.15) is 81.9 Å². The molecule has 7 aromatic rings. The molecule has 6 heterocycles. The highest BCUT2D eigenvalue weighted by atomic mass is 19.1. The van der Waals surface area contributed by atoms with Gasteiger partial charge < -0.3 is 39.5 Å². The maximum absolute atomic E-state index is 13.5. The van der Waals surface area contributed by atoms with Crippen molar-refractivity contribution in [3.05, 3.63) is 139 Å². The van der Waals surface area contributed by atoms with Crippen LogP contribution in [0, 0.1) is 17.6 Å². The lowest BCUT2D eigenvalue weighted by atomic mass is 9.93. The van der Waals surface area contributed by atoms with Crippen molar-refractivity contribution < 1.29 is 23.2 Å². The third kappa shape index (κ3) is 11.8. The summed E-state index contributed by atoms with van der Waals surface area (Å²) in [4.78, 5) is 61.5. The van der Waals surface area contributed by atoms with Crippen LogP contribution < -0.4 is 31.1 Å². The molecule has 2 unspecified atom stereocenters. The first-order chi connectivity index (χ1) is 35.7. The smallest absolute Gasteiger partial charge is 0.273 e. The first kappa shape index (κ1) is 51.4. The van der Waals surface area contributed by atoms with Gasteiger partial charge in [0.25, 0.3) is 5.91 Å². The predicted molar refractivity (Wildman–Crippen MR) is 286 cm³/mol. The largest absolute Gasteiger partial charge is 0.371 e. The fourth-order valence-electron chi connectivity index (χ4n) is 9.71. The first-order valence-electron chi connectivity index (χ1n) is 25.4. The maximum Gasteiger partial charge on any atom is 0.273 e. The number of aromatic nitrogens is 6. The van der Waals surface area contributed by atoms with Gasteiger partial charge in [0.2, 0.25) is 5.91 Å². The number of rotatable bonds is 13. The van der Waals surface area contributed by atoms with Gasteiger partial charge in [-0.2, -0.15) is 0 Å². The highest BCUT2D eigenvalue weighted by molar-refractivity contribution is 6.03. The summed E-state index contributed by atoms with van der Waals surface area (Å²) >= 11 is 0. The lowest BCUT2D eigenvalue weighted by Gasteiger charge is -2.34. The summed E-state index contributed by atoms with van der Waals surface area (Å²) in [5.74, 6) is -0.0609. The van der Waals surface area contributed by atoms with Gasteiger partial charge in [-0.3, -0.25) is 25.0 Å². The Morgan fingerprint density at radius 1 is 0.649 bits per heavy atom. The van der Waals surface area contributed by atoms with Gasteiger partial charge in [0.05, 0.1) is 35.9 Å². The molecule has 3 aliphatic heterocycles. The van der Waals surface area contributed by atoms with Crippen LogP contribution in [0.5, 0.6) is 0 Å². The number of Topliss-reactive ketones (excluding diaryl/α,β-unsaturated/α-hetero) is 1. The average molecular weight is 1010 g/mol. The number of likely N-dealkylation sites (N-methyl/N-ethyl adjacent to an activating group) is 1. The lowest BCUT2D eigenvalue weighted by Crippen LogP contribution is -2.44. The van der Waals surface area contributed by atoms with Gasteiger partial charge in [-0.15, -0.1) is 0 Å². The Bertz CT molecular complexity index is 3020. The number of nitrogens with one attached hydrogen (secondary N) is 5. The van der Waals surface area contributed by atoms with E-state index in [1.165, 1.54) is 36.1 Å². The summed E-state index contributed by atoms with van der Waals surface area (Å²) in [7, 11) is 2.15. The third-order valence-corrected chi connectivity index (χ3v) is 14.1. The average Bonchev–Trinajstić information content (AvgIpc) is 4.25. The van der Waals surface area contributed by atoms with Crippen molar-refractivity contribution >= 4 is 40.3 Å². The van der Waals surface area contributed by atoms with E-state index >= 15 is 0 Å². The number of carbonyl (C=O) groups excluding carboxylic acids is 3. The highest BCUT2D eigenvalue weighted by Crippen LogP contribution is 2.34. The van der Waals surface area contributed by atoms with Crippen LogP contribution in [-0.4, -0.2) is 110 Å². The summed E-state index contributed by atoms with van der Waals surface area (Å²) in [5.41, 5.74) is 8.70. The van der Waals surface area contributed by atoms with Crippen molar-refractivity contribution in [2.45, 2.75) is 71.8 Å². The quantitative estimate of drug-likeness (QED) is 0.0747. The molecule has 0 bridgehead atoms. The van der Waals surface area contributed by atoms with Gasteiger partial charge in [0, 0.05) is 97.7 Å². The molecule has 0 saturated carbocycles. The molecule has 0 radical (unpaired) electrons. The number of anilines is 4. The summed E-state index contributed by atoms with van der Waals surface area (Å²) in [5, 5.41) is 12.8. The maximum atomic E-state index is 13.5.